The van der Waals surface area contributed by atoms with Gasteiger partial charge in [-0.15, -0.1) is 0 Å². The van der Waals surface area contributed by atoms with Gasteiger partial charge in [-0.3, -0.25) is 9.80 Å². The van der Waals surface area contributed by atoms with Crippen LogP contribution >= 0.6 is 0 Å². The van der Waals surface area contributed by atoms with Gasteiger partial charge in [0.15, 0.2) is 0 Å². The Kier molecular flexibility index (Phi) is 7.09. The topological polar surface area (TPSA) is 80.9 Å². The van der Waals surface area contributed by atoms with Crippen molar-refractivity contribution < 1.29 is 18.8 Å². The molecule has 1 atom stereocenters. The van der Waals surface area contributed by atoms with Gasteiger partial charge < -0.3 is 14.0 Å². The molecule has 0 bridgehead atoms. The van der Waals surface area contributed by atoms with E-state index in [9.17, 15) is 4.79 Å². The second-order valence-corrected chi connectivity index (χ2v) is 7.94. The minimum atomic E-state index is -0.358. The Balaban J connectivity index is 1.35. The number of likely N-dealkylation sites (tertiary alicyclic amines) is 1. The van der Waals surface area contributed by atoms with Gasteiger partial charge >= 0.3 is 5.97 Å². The molecule has 0 saturated carbocycles. The standard InChI is InChI=1S/C22H30N4O4/c1-28-22(27)18-7-5-17(6-8-18)21-23-20(30-24-21)16-26-10-3-2-4-19(26)9-11-25-12-14-29-15-13-25/h5-8,19H,2-4,9-16H2,1H3/t19-/m0/s1. The molecule has 2 aromatic rings. The Morgan fingerprint density at radius 1 is 1.17 bits per heavy atom. The Hall–Kier alpha value is -2.29. The molecule has 3 heterocycles. The zero-order chi connectivity index (χ0) is 20.8. The van der Waals surface area contributed by atoms with Crippen LogP contribution in [-0.4, -0.2) is 78.5 Å². The first kappa shape index (κ1) is 21.0. The average Bonchev–Trinajstić information content (AvgIpc) is 3.27. The van der Waals surface area contributed by atoms with Gasteiger partial charge in [0.1, 0.15) is 0 Å². The molecular formula is C22H30N4O4. The molecular weight excluding hydrogens is 384 g/mol. The van der Waals surface area contributed by atoms with Crippen molar-refractivity contribution >= 4 is 5.97 Å². The predicted octanol–water partition coefficient (Wildman–Crippen LogP) is 2.60. The van der Waals surface area contributed by atoms with Gasteiger partial charge in [-0.1, -0.05) is 23.7 Å². The molecule has 8 heteroatoms. The minimum absolute atomic E-state index is 0.358. The lowest BCUT2D eigenvalue weighted by Gasteiger charge is -2.36. The molecule has 0 aliphatic carbocycles. The average molecular weight is 415 g/mol. The predicted molar refractivity (Wildman–Crippen MR) is 111 cm³/mol. The van der Waals surface area contributed by atoms with E-state index in [2.05, 4.69) is 19.9 Å². The Bertz CT molecular complexity index is 817. The quantitative estimate of drug-likeness (QED) is 0.640. The molecule has 30 heavy (non-hydrogen) atoms. The van der Waals surface area contributed by atoms with E-state index in [4.69, 9.17) is 14.0 Å². The van der Waals surface area contributed by atoms with Crippen LogP contribution in [0, 0.1) is 0 Å². The highest BCUT2D eigenvalue weighted by molar-refractivity contribution is 5.89. The molecule has 2 aliphatic rings. The minimum Gasteiger partial charge on any atom is -0.465 e. The van der Waals surface area contributed by atoms with E-state index in [1.54, 1.807) is 12.1 Å². The van der Waals surface area contributed by atoms with E-state index in [1.807, 2.05) is 12.1 Å². The monoisotopic (exact) mass is 414 g/mol. The van der Waals surface area contributed by atoms with Crippen molar-refractivity contribution in [2.75, 3.05) is 46.5 Å². The van der Waals surface area contributed by atoms with E-state index in [0.717, 1.165) is 51.4 Å². The highest BCUT2D eigenvalue weighted by Gasteiger charge is 2.25. The molecule has 2 saturated heterocycles. The lowest BCUT2D eigenvalue weighted by molar-refractivity contribution is 0.0294. The fourth-order valence-electron chi connectivity index (χ4n) is 4.23. The van der Waals surface area contributed by atoms with Crippen molar-refractivity contribution in [3.8, 4) is 11.4 Å². The number of nitrogens with zero attached hydrogens (tertiary/aromatic N) is 4. The second-order valence-electron chi connectivity index (χ2n) is 7.94. The Labute approximate surface area is 177 Å². The van der Waals surface area contributed by atoms with E-state index in [-0.39, 0.29) is 5.97 Å². The highest BCUT2D eigenvalue weighted by Crippen LogP contribution is 2.23. The van der Waals surface area contributed by atoms with Gasteiger partial charge in [-0.2, -0.15) is 4.98 Å². The number of piperidine rings is 1. The first-order chi connectivity index (χ1) is 14.7. The van der Waals surface area contributed by atoms with Crippen LogP contribution in [0.2, 0.25) is 0 Å². The van der Waals surface area contributed by atoms with E-state index < -0.39 is 0 Å². The fourth-order valence-corrected chi connectivity index (χ4v) is 4.23. The van der Waals surface area contributed by atoms with Crippen LogP contribution in [0.25, 0.3) is 11.4 Å². The molecule has 8 nitrogen and oxygen atoms in total. The SMILES string of the molecule is COC(=O)c1ccc(-c2noc(CN3CCCC[C@H]3CCN3CCOCC3)n2)cc1. The maximum Gasteiger partial charge on any atom is 0.337 e. The zero-order valence-electron chi connectivity index (χ0n) is 17.6. The number of methoxy groups -OCH3 is 1. The molecule has 1 aromatic carbocycles. The third kappa shape index (κ3) is 5.24. The normalized spacial score (nSPS) is 20.9. The largest absolute Gasteiger partial charge is 0.465 e. The molecule has 2 fully saturated rings. The third-order valence-corrected chi connectivity index (χ3v) is 6.00. The van der Waals surface area contributed by atoms with Gasteiger partial charge in [-0.25, -0.2) is 4.79 Å². The van der Waals surface area contributed by atoms with Crippen LogP contribution in [0.5, 0.6) is 0 Å². The number of carbonyl (C=O) groups is 1. The molecule has 0 radical (unpaired) electrons. The molecule has 0 N–H and O–H groups in total. The summed E-state index contributed by atoms with van der Waals surface area (Å²) in [7, 11) is 1.37. The number of morpholine rings is 1. The summed E-state index contributed by atoms with van der Waals surface area (Å²) in [6.45, 7) is 6.63. The number of aromatic nitrogens is 2. The molecule has 4 rings (SSSR count). The summed E-state index contributed by atoms with van der Waals surface area (Å²) in [5.41, 5.74) is 1.32. The van der Waals surface area contributed by atoms with Crippen molar-refractivity contribution in [1.29, 1.82) is 0 Å². The molecule has 0 spiro atoms. The van der Waals surface area contributed by atoms with Crippen LogP contribution in [0.4, 0.5) is 0 Å². The number of hydrogen-bond donors (Lipinski definition) is 0. The van der Waals surface area contributed by atoms with Crippen molar-refractivity contribution in [2.45, 2.75) is 38.3 Å². The number of hydrogen-bond acceptors (Lipinski definition) is 8. The molecule has 2 aliphatic heterocycles. The Morgan fingerprint density at radius 3 is 2.73 bits per heavy atom. The maximum atomic E-state index is 11.6. The Morgan fingerprint density at radius 2 is 1.97 bits per heavy atom. The molecule has 1 aromatic heterocycles. The van der Waals surface area contributed by atoms with Crippen LogP contribution in [0.3, 0.4) is 0 Å². The fraction of sp³-hybridized carbons (Fsp3) is 0.591. The summed E-state index contributed by atoms with van der Waals surface area (Å²) in [6.07, 6.45) is 4.88. The summed E-state index contributed by atoms with van der Waals surface area (Å²) < 4.78 is 15.7. The highest BCUT2D eigenvalue weighted by atomic mass is 16.5. The summed E-state index contributed by atoms with van der Waals surface area (Å²) >= 11 is 0. The van der Waals surface area contributed by atoms with Crippen LogP contribution in [0.1, 0.15) is 41.9 Å². The third-order valence-electron chi connectivity index (χ3n) is 6.00. The van der Waals surface area contributed by atoms with E-state index in [0.29, 0.717) is 29.9 Å². The first-order valence-electron chi connectivity index (χ1n) is 10.8. The smallest absolute Gasteiger partial charge is 0.337 e. The second kappa shape index (κ2) is 10.1. The number of rotatable bonds is 7. The van der Waals surface area contributed by atoms with E-state index in [1.165, 1.54) is 26.4 Å². The van der Waals surface area contributed by atoms with Crippen molar-refractivity contribution in [2.24, 2.45) is 0 Å². The summed E-state index contributed by atoms with van der Waals surface area (Å²) in [5.74, 6) is 0.826. The molecule has 0 amide bonds. The molecule has 0 unspecified atom stereocenters. The number of benzene rings is 1. The molecule has 162 valence electrons. The van der Waals surface area contributed by atoms with Gasteiger partial charge in [-0.05, 0) is 44.5 Å². The lowest BCUT2D eigenvalue weighted by Crippen LogP contribution is -2.43. The van der Waals surface area contributed by atoms with E-state index >= 15 is 0 Å². The van der Waals surface area contributed by atoms with Gasteiger partial charge in [0.25, 0.3) is 0 Å². The maximum absolute atomic E-state index is 11.6. The summed E-state index contributed by atoms with van der Waals surface area (Å²) in [4.78, 5) is 21.2. The van der Waals surface area contributed by atoms with Crippen molar-refractivity contribution in [3.63, 3.8) is 0 Å². The summed E-state index contributed by atoms with van der Waals surface area (Å²) in [5, 5.41) is 4.14. The summed E-state index contributed by atoms with van der Waals surface area (Å²) in [6, 6.07) is 7.60. The number of ether oxygens (including phenoxy) is 2. The van der Waals surface area contributed by atoms with Gasteiger partial charge in [0.2, 0.25) is 11.7 Å². The van der Waals surface area contributed by atoms with Crippen LogP contribution in [-0.2, 0) is 16.0 Å². The lowest BCUT2D eigenvalue weighted by atomic mass is 9.99. The van der Waals surface area contributed by atoms with Crippen molar-refractivity contribution in [3.05, 3.63) is 35.7 Å². The first-order valence-corrected chi connectivity index (χ1v) is 10.8. The number of esters is 1. The zero-order valence-corrected chi connectivity index (χ0v) is 17.6. The van der Waals surface area contributed by atoms with Gasteiger partial charge in [0, 0.05) is 24.7 Å². The van der Waals surface area contributed by atoms with Crippen molar-refractivity contribution in [1.82, 2.24) is 19.9 Å². The van der Waals surface area contributed by atoms with Crippen LogP contribution < -0.4 is 0 Å². The van der Waals surface area contributed by atoms with Crippen LogP contribution in [0.15, 0.2) is 28.8 Å². The van der Waals surface area contributed by atoms with Gasteiger partial charge in [0.05, 0.1) is 32.4 Å². The number of carbonyl (C=O) groups excluding carboxylic acids is 1.